The second-order valence-corrected chi connectivity index (χ2v) is 7.82. The smallest absolute Gasteiger partial charge is 0.286 e. The van der Waals surface area contributed by atoms with Gasteiger partial charge in [-0.1, -0.05) is 29.8 Å². The van der Waals surface area contributed by atoms with Crippen LogP contribution in [0.25, 0.3) is 0 Å². The zero-order valence-electron chi connectivity index (χ0n) is 13.3. The van der Waals surface area contributed by atoms with Crippen molar-refractivity contribution in [2.45, 2.75) is 25.6 Å². The van der Waals surface area contributed by atoms with Gasteiger partial charge in [0.1, 0.15) is 0 Å². The van der Waals surface area contributed by atoms with E-state index >= 15 is 0 Å². The molecule has 0 spiro atoms. The van der Waals surface area contributed by atoms with Crippen molar-refractivity contribution in [3.05, 3.63) is 58.7 Å². The minimum Gasteiger partial charge on any atom is -0.363 e. The number of benzene rings is 1. The predicted molar refractivity (Wildman–Crippen MR) is 88.5 cm³/mol. The number of hydrogen-bond donors (Lipinski definition) is 1. The fourth-order valence-electron chi connectivity index (χ4n) is 2.62. The zero-order chi connectivity index (χ0) is 17.3. The lowest BCUT2D eigenvalue weighted by atomic mass is 10.1. The number of nitrogens with two attached hydrogens (primary N) is 1. The van der Waals surface area contributed by atoms with Crippen LogP contribution >= 0.6 is 0 Å². The molecule has 1 amide bonds. The first-order chi connectivity index (χ1) is 11.3. The monoisotopic (exact) mass is 346 g/mol. The maximum Gasteiger partial charge on any atom is 0.286 e. The van der Waals surface area contributed by atoms with Gasteiger partial charge < -0.3 is 5.73 Å². The zero-order valence-corrected chi connectivity index (χ0v) is 14.1. The Morgan fingerprint density at radius 2 is 2.00 bits per heavy atom. The van der Waals surface area contributed by atoms with Crippen LogP contribution in [0.1, 0.15) is 33.0 Å². The summed E-state index contributed by atoms with van der Waals surface area (Å²) < 4.78 is 26.7. The van der Waals surface area contributed by atoms with E-state index < -0.39 is 15.9 Å². The molecule has 2 aromatic rings. The molecular weight excluding hydrogens is 328 g/mol. The van der Waals surface area contributed by atoms with Crippen molar-refractivity contribution in [3.63, 3.8) is 0 Å². The normalized spacial score (nSPS) is 15.0. The first-order valence-electron chi connectivity index (χ1n) is 7.53. The van der Waals surface area contributed by atoms with Crippen molar-refractivity contribution in [1.82, 2.24) is 14.3 Å². The molecule has 0 radical (unpaired) electrons. The summed E-state index contributed by atoms with van der Waals surface area (Å²) in [5.41, 5.74) is 8.40. The molecule has 1 aliphatic rings. The number of carbonyl (C=O) groups is 1. The molecule has 2 heterocycles. The summed E-state index contributed by atoms with van der Waals surface area (Å²) in [5.74, 6) is -0.875. The summed E-state index contributed by atoms with van der Waals surface area (Å²) >= 11 is 0. The van der Waals surface area contributed by atoms with Gasteiger partial charge in [0.25, 0.3) is 5.91 Å². The van der Waals surface area contributed by atoms with Crippen LogP contribution in [0.15, 0.2) is 30.5 Å². The Balaban J connectivity index is 1.81. The number of amides is 1. The van der Waals surface area contributed by atoms with Crippen LogP contribution in [0, 0.1) is 6.92 Å². The van der Waals surface area contributed by atoms with Crippen LogP contribution < -0.4 is 5.73 Å². The Labute approximate surface area is 140 Å². The molecule has 1 aliphatic heterocycles. The highest BCUT2D eigenvalue weighted by Gasteiger charge is 2.28. The van der Waals surface area contributed by atoms with E-state index in [-0.39, 0.29) is 18.1 Å². The van der Waals surface area contributed by atoms with Crippen LogP contribution in [-0.2, 0) is 28.7 Å². The third-order valence-electron chi connectivity index (χ3n) is 3.99. The molecule has 0 atom stereocenters. The van der Waals surface area contributed by atoms with Crippen LogP contribution in [0.2, 0.25) is 0 Å². The summed E-state index contributed by atoms with van der Waals surface area (Å²) in [4.78, 5) is 19.2. The standard InChI is InChI=1S/C16H18N4O3S/c1-11-2-4-12(5-3-11)10-24(22,23)20-7-6-13-8-18-16(15(17)21)19-14(13)9-20/h2-5,8H,6-7,9-10H2,1H3,(H2,17,21). The number of carbonyl (C=O) groups excluding carboxylic acids is 1. The average molecular weight is 346 g/mol. The second-order valence-electron chi connectivity index (χ2n) is 5.86. The summed E-state index contributed by atoms with van der Waals surface area (Å²) in [7, 11) is -3.47. The number of sulfonamides is 1. The Kier molecular flexibility index (Phi) is 4.33. The molecule has 1 aromatic carbocycles. The van der Waals surface area contributed by atoms with Gasteiger partial charge in [0, 0.05) is 12.7 Å². The minimum atomic E-state index is -3.47. The van der Waals surface area contributed by atoms with Crippen molar-refractivity contribution in [1.29, 1.82) is 0 Å². The molecule has 8 heteroatoms. The van der Waals surface area contributed by atoms with Gasteiger partial charge in [-0.15, -0.1) is 0 Å². The van der Waals surface area contributed by atoms with Crippen LogP contribution in [0.5, 0.6) is 0 Å². The highest BCUT2D eigenvalue weighted by Crippen LogP contribution is 2.21. The number of aromatic nitrogens is 2. The number of aryl methyl sites for hydroxylation is 1. The minimum absolute atomic E-state index is 0.0592. The SMILES string of the molecule is Cc1ccc(CS(=O)(=O)N2CCc3cnc(C(N)=O)nc3C2)cc1. The number of fused-ring (bicyclic) bond motifs is 1. The first kappa shape index (κ1) is 16.5. The molecule has 126 valence electrons. The molecule has 0 fully saturated rings. The molecule has 2 N–H and O–H groups in total. The van der Waals surface area contributed by atoms with E-state index in [9.17, 15) is 13.2 Å². The van der Waals surface area contributed by atoms with Crippen molar-refractivity contribution in [2.24, 2.45) is 5.73 Å². The molecule has 0 unspecified atom stereocenters. The van der Waals surface area contributed by atoms with Gasteiger partial charge in [0.2, 0.25) is 15.8 Å². The van der Waals surface area contributed by atoms with Gasteiger partial charge in [-0.05, 0) is 24.5 Å². The van der Waals surface area contributed by atoms with E-state index in [2.05, 4.69) is 9.97 Å². The molecule has 0 aliphatic carbocycles. The van der Waals surface area contributed by atoms with Crippen LogP contribution in [-0.4, -0.2) is 35.1 Å². The largest absolute Gasteiger partial charge is 0.363 e. The molecule has 0 saturated heterocycles. The van der Waals surface area contributed by atoms with Crippen LogP contribution in [0.3, 0.4) is 0 Å². The van der Waals surface area contributed by atoms with Crippen LogP contribution in [0.4, 0.5) is 0 Å². The Morgan fingerprint density at radius 3 is 2.67 bits per heavy atom. The van der Waals surface area contributed by atoms with Gasteiger partial charge >= 0.3 is 0 Å². The number of rotatable bonds is 4. The number of nitrogens with zero attached hydrogens (tertiary/aromatic N) is 3. The van der Waals surface area contributed by atoms with Gasteiger partial charge in [-0.3, -0.25) is 4.79 Å². The lowest BCUT2D eigenvalue weighted by molar-refractivity contribution is 0.0990. The molecule has 0 saturated carbocycles. The highest BCUT2D eigenvalue weighted by atomic mass is 32.2. The fraction of sp³-hybridized carbons (Fsp3) is 0.312. The first-order valence-corrected chi connectivity index (χ1v) is 9.14. The predicted octanol–water partition coefficient (Wildman–Crippen LogP) is 0.772. The molecule has 3 rings (SSSR count). The average Bonchev–Trinajstić information content (AvgIpc) is 2.55. The summed E-state index contributed by atoms with van der Waals surface area (Å²) in [6.45, 7) is 2.46. The van der Waals surface area contributed by atoms with Gasteiger partial charge in [0.15, 0.2) is 0 Å². The fourth-order valence-corrected chi connectivity index (χ4v) is 4.11. The van der Waals surface area contributed by atoms with Crippen molar-refractivity contribution in [2.75, 3.05) is 6.54 Å². The van der Waals surface area contributed by atoms with Gasteiger partial charge in [0.05, 0.1) is 18.0 Å². The van der Waals surface area contributed by atoms with E-state index in [0.29, 0.717) is 18.7 Å². The Bertz CT molecular complexity index is 879. The van der Waals surface area contributed by atoms with Crippen molar-refractivity contribution in [3.8, 4) is 0 Å². The highest BCUT2D eigenvalue weighted by molar-refractivity contribution is 7.88. The lowest BCUT2D eigenvalue weighted by Gasteiger charge is -2.27. The molecule has 1 aromatic heterocycles. The quantitative estimate of drug-likeness (QED) is 0.880. The van der Waals surface area contributed by atoms with Crippen molar-refractivity contribution < 1.29 is 13.2 Å². The maximum absolute atomic E-state index is 12.7. The van der Waals surface area contributed by atoms with E-state index in [4.69, 9.17) is 5.73 Å². The van der Waals surface area contributed by atoms with E-state index in [1.165, 1.54) is 4.31 Å². The summed E-state index contributed by atoms with van der Waals surface area (Å²) in [6, 6.07) is 7.42. The Hall–Kier alpha value is -2.32. The number of primary amides is 1. The molecule has 0 bridgehead atoms. The third kappa shape index (κ3) is 3.44. The second kappa shape index (κ2) is 6.29. The van der Waals surface area contributed by atoms with E-state index in [1.54, 1.807) is 6.20 Å². The van der Waals surface area contributed by atoms with E-state index in [1.807, 2.05) is 31.2 Å². The number of hydrogen-bond acceptors (Lipinski definition) is 5. The molecule has 24 heavy (non-hydrogen) atoms. The summed E-state index contributed by atoms with van der Waals surface area (Å²) in [6.07, 6.45) is 2.06. The van der Waals surface area contributed by atoms with Gasteiger partial charge in [-0.25, -0.2) is 18.4 Å². The maximum atomic E-state index is 12.7. The summed E-state index contributed by atoms with van der Waals surface area (Å²) in [5, 5.41) is 0. The molecule has 7 nitrogen and oxygen atoms in total. The van der Waals surface area contributed by atoms with Crippen molar-refractivity contribution >= 4 is 15.9 Å². The molecular formula is C16H18N4O3S. The van der Waals surface area contributed by atoms with E-state index in [0.717, 1.165) is 16.7 Å². The lowest BCUT2D eigenvalue weighted by Crippen LogP contribution is -2.37. The topological polar surface area (TPSA) is 106 Å². The van der Waals surface area contributed by atoms with Gasteiger partial charge in [-0.2, -0.15) is 4.31 Å². The Morgan fingerprint density at radius 1 is 1.29 bits per heavy atom. The third-order valence-corrected chi connectivity index (χ3v) is 5.79.